The van der Waals surface area contributed by atoms with Crippen LogP contribution >= 0.6 is 0 Å². The highest BCUT2D eigenvalue weighted by molar-refractivity contribution is 5.97. The van der Waals surface area contributed by atoms with Crippen molar-refractivity contribution in [2.24, 2.45) is 10.2 Å². The SMILES string of the molecule is O=C(CNC(=O)c1ccccc1F)N=Nc1c(O)n(CCc2ccccc2)c2ccccc12. The number of aromatic nitrogens is 1. The molecule has 33 heavy (non-hydrogen) atoms. The Labute approximate surface area is 189 Å². The molecule has 0 aliphatic carbocycles. The van der Waals surface area contributed by atoms with Gasteiger partial charge in [-0.2, -0.15) is 0 Å². The van der Waals surface area contributed by atoms with Crippen molar-refractivity contribution in [1.82, 2.24) is 9.88 Å². The molecule has 2 amide bonds. The van der Waals surface area contributed by atoms with Crippen molar-refractivity contribution < 1.29 is 19.1 Å². The lowest BCUT2D eigenvalue weighted by atomic mass is 10.1. The second-order valence-electron chi connectivity index (χ2n) is 7.33. The standard InChI is InChI=1S/C25H21FN4O3/c26-20-12-6-4-10-18(20)24(32)27-16-22(31)28-29-23-19-11-5-7-13-21(19)30(25(23)33)15-14-17-8-2-1-3-9-17/h1-13,33H,14-16H2,(H,27,32). The number of para-hydroxylation sites is 1. The summed E-state index contributed by atoms with van der Waals surface area (Å²) in [7, 11) is 0. The molecule has 0 saturated heterocycles. The number of nitrogens with one attached hydrogen (secondary N) is 1. The number of rotatable bonds is 7. The number of amides is 2. The number of azo groups is 1. The van der Waals surface area contributed by atoms with Crippen LogP contribution in [0.25, 0.3) is 10.9 Å². The first-order chi connectivity index (χ1) is 16.0. The second kappa shape index (κ2) is 9.86. The number of carbonyl (C=O) groups is 2. The summed E-state index contributed by atoms with van der Waals surface area (Å²) in [4.78, 5) is 24.2. The van der Waals surface area contributed by atoms with E-state index in [1.165, 1.54) is 18.2 Å². The number of fused-ring (bicyclic) bond motifs is 1. The third-order valence-electron chi connectivity index (χ3n) is 5.16. The Bertz CT molecular complexity index is 1330. The quantitative estimate of drug-likeness (QED) is 0.402. The maximum absolute atomic E-state index is 13.7. The number of halogens is 1. The van der Waals surface area contributed by atoms with Gasteiger partial charge in [-0.15, -0.1) is 10.2 Å². The zero-order valence-electron chi connectivity index (χ0n) is 17.6. The Morgan fingerprint density at radius 2 is 1.64 bits per heavy atom. The molecule has 8 heteroatoms. The van der Waals surface area contributed by atoms with Gasteiger partial charge in [-0.05, 0) is 30.2 Å². The van der Waals surface area contributed by atoms with Crippen LogP contribution in [0.5, 0.6) is 5.88 Å². The molecule has 1 aromatic heterocycles. The van der Waals surface area contributed by atoms with Crippen LogP contribution in [0.1, 0.15) is 15.9 Å². The van der Waals surface area contributed by atoms with E-state index in [1.807, 2.05) is 42.5 Å². The molecule has 0 radical (unpaired) electrons. The number of benzene rings is 3. The van der Waals surface area contributed by atoms with Crippen molar-refractivity contribution in [2.75, 3.05) is 6.54 Å². The van der Waals surface area contributed by atoms with E-state index in [2.05, 4.69) is 15.5 Å². The third kappa shape index (κ3) is 4.95. The van der Waals surface area contributed by atoms with Gasteiger partial charge < -0.3 is 15.0 Å². The van der Waals surface area contributed by atoms with Crippen LogP contribution in [0.4, 0.5) is 10.1 Å². The molecule has 0 fully saturated rings. The summed E-state index contributed by atoms with van der Waals surface area (Å²) < 4.78 is 15.4. The first-order valence-electron chi connectivity index (χ1n) is 10.4. The molecule has 4 rings (SSSR count). The van der Waals surface area contributed by atoms with Gasteiger partial charge in [-0.3, -0.25) is 9.59 Å². The number of hydrogen-bond acceptors (Lipinski definition) is 4. The van der Waals surface area contributed by atoms with Gasteiger partial charge in [0.15, 0.2) is 5.69 Å². The van der Waals surface area contributed by atoms with Gasteiger partial charge in [0.25, 0.3) is 11.8 Å². The van der Waals surface area contributed by atoms with Gasteiger partial charge in [-0.1, -0.05) is 60.7 Å². The number of nitrogens with zero attached hydrogens (tertiary/aromatic N) is 3. The molecule has 0 unspecified atom stereocenters. The summed E-state index contributed by atoms with van der Waals surface area (Å²) in [6.45, 7) is 0.0581. The summed E-state index contributed by atoms with van der Waals surface area (Å²) in [5, 5.41) is 21.3. The van der Waals surface area contributed by atoms with E-state index in [-0.39, 0.29) is 17.1 Å². The Hall–Kier alpha value is -4.33. The molecule has 7 nitrogen and oxygen atoms in total. The molecule has 0 spiro atoms. The van der Waals surface area contributed by atoms with Gasteiger partial charge in [-0.25, -0.2) is 4.39 Å². The van der Waals surface area contributed by atoms with Crippen LogP contribution in [0.15, 0.2) is 89.1 Å². The van der Waals surface area contributed by atoms with Crippen LogP contribution in [0.3, 0.4) is 0 Å². The zero-order chi connectivity index (χ0) is 23.2. The molecule has 2 N–H and O–H groups in total. The maximum atomic E-state index is 13.7. The minimum Gasteiger partial charge on any atom is -0.493 e. The monoisotopic (exact) mass is 444 g/mol. The number of hydrogen-bond donors (Lipinski definition) is 2. The Morgan fingerprint density at radius 3 is 2.42 bits per heavy atom. The highest BCUT2D eigenvalue weighted by Crippen LogP contribution is 2.38. The highest BCUT2D eigenvalue weighted by atomic mass is 19.1. The topological polar surface area (TPSA) is 96.1 Å². The van der Waals surface area contributed by atoms with Crippen LogP contribution < -0.4 is 5.32 Å². The molecule has 0 atom stereocenters. The minimum atomic E-state index is -0.736. The first-order valence-corrected chi connectivity index (χ1v) is 10.4. The summed E-state index contributed by atoms with van der Waals surface area (Å²) >= 11 is 0. The van der Waals surface area contributed by atoms with E-state index in [1.54, 1.807) is 16.7 Å². The predicted molar refractivity (Wildman–Crippen MR) is 122 cm³/mol. The Morgan fingerprint density at radius 1 is 0.939 bits per heavy atom. The first kappa shape index (κ1) is 21.9. The molecule has 0 aliphatic rings. The lowest BCUT2D eigenvalue weighted by Crippen LogP contribution is -2.29. The average Bonchev–Trinajstić information content (AvgIpc) is 3.11. The molecule has 3 aromatic carbocycles. The largest absolute Gasteiger partial charge is 0.493 e. The number of aryl methyl sites for hydroxylation is 2. The Kier molecular flexibility index (Phi) is 6.54. The molecular formula is C25H21FN4O3. The molecule has 1 heterocycles. The van der Waals surface area contributed by atoms with Gasteiger partial charge in [0.05, 0.1) is 11.1 Å². The van der Waals surface area contributed by atoms with Gasteiger partial charge in [0, 0.05) is 11.9 Å². The van der Waals surface area contributed by atoms with E-state index in [9.17, 15) is 19.1 Å². The summed E-state index contributed by atoms with van der Waals surface area (Å²) in [5.41, 5.74) is 1.90. The van der Waals surface area contributed by atoms with Crippen LogP contribution in [-0.4, -0.2) is 28.0 Å². The van der Waals surface area contributed by atoms with Crippen molar-refractivity contribution in [2.45, 2.75) is 13.0 Å². The van der Waals surface area contributed by atoms with Crippen molar-refractivity contribution in [3.8, 4) is 5.88 Å². The van der Waals surface area contributed by atoms with Crippen molar-refractivity contribution in [3.05, 3.63) is 95.8 Å². The molecule has 166 valence electrons. The number of aromatic hydroxyl groups is 1. The fourth-order valence-corrected chi connectivity index (χ4v) is 3.52. The summed E-state index contributed by atoms with van der Waals surface area (Å²) in [6.07, 6.45) is 0.699. The van der Waals surface area contributed by atoms with Crippen molar-refractivity contribution >= 4 is 28.4 Å². The van der Waals surface area contributed by atoms with E-state index < -0.39 is 24.2 Å². The zero-order valence-corrected chi connectivity index (χ0v) is 17.6. The average molecular weight is 444 g/mol. The van der Waals surface area contributed by atoms with E-state index in [0.717, 1.165) is 17.1 Å². The molecule has 0 aliphatic heterocycles. The second-order valence-corrected chi connectivity index (χ2v) is 7.33. The van der Waals surface area contributed by atoms with Gasteiger partial charge >= 0.3 is 0 Å². The van der Waals surface area contributed by atoms with Crippen LogP contribution in [0.2, 0.25) is 0 Å². The maximum Gasteiger partial charge on any atom is 0.283 e. The Balaban J connectivity index is 1.48. The lowest BCUT2D eigenvalue weighted by molar-refractivity contribution is -0.117. The normalized spacial score (nSPS) is 11.2. The fourth-order valence-electron chi connectivity index (χ4n) is 3.52. The summed E-state index contributed by atoms with van der Waals surface area (Å²) in [5.74, 6) is -2.24. The minimum absolute atomic E-state index is 0.0981. The third-order valence-corrected chi connectivity index (χ3v) is 5.16. The lowest BCUT2D eigenvalue weighted by Gasteiger charge is -2.07. The van der Waals surface area contributed by atoms with E-state index in [4.69, 9.17) is 0 Å². The molecular weight excluding hydrogens is 423 g/mol. The highest BCUT2D eigenvalue weighted by Gasteiger charge is 2.17. The van der Waals surface area contributed by atoms with Gasteiger partial charge in [0.2, 0.25) is 5.88 Å². The smallest absolute Gasteiger partial charge is 0.283 e. The number of carbonyl (C=O) groups excluding carboxylic acids is 2. The molecule has 4 aromatic rings. The summed E-state index contributed by atoms with van der Waals surface area (Å²) in [6, 6.07) is 22.6. The van der Waals surface area contributed by atoms with Crippen LogP contribution in [0, 0.1) is 5.82 Å². The van der Waals surface area contributed by atoms with E-state index >= 15 is 0 Å². The predicted octanol–water partition coefficient (Wildman–Crippen LogP) is 4.77. The molecule has 0 saturated carbocycles. The van der Waals surface area contributed by atoms with Crippen LogP contribution in [-0.2, 0) is 17.8 Å². The fraction of sp³-hybridized carbons (Fsp3) is 0.120. The van der Waals surface area contributed by atoms with Gasteiger partial charge in [0.1, 0.15) is 12.4 Å². The van der Waals surface area contributed by atoms with Crippen molar-refractivity contribution in [1.29, 1.82) is 0 Å². The van der Waals surface area contributed by atoms with E-state index in [0.29, 0.717) is 18.4 Å². The molecule has 0 bridgehead atoms. The van der Waals surface area contributed by atoms with Crippen molar-refractivity contribution in [3.63, 3.8) is 0 Å².